The van der Waals surface area contributed by atoms with Gasteiger partial charge in [0.25, 0.3) is 0 Å². The Morgan fingerprint density at radius 3 is 2.64 bits per heavy atom. The molecular formula is C6H4F3NO. The number of alkyl halides is 2. The minimum absolute atomic E-state index is 0.278. The first kappa shape index (κ1) is 7.84. The van der Waals surface area contributed by atoms with E-state index < -0.39 is 12.4 Å². The fourth-order valence-corrected chi connectivity index (χ4v) is 0.560. The smallest absolute Gasteiger partial charge is 0.387 e. The van der Waals surface area contributed by atoms with Gasteiger partial charge in [0.1, 0.15) is 11.6 Å². The van der Waals surface area contributed by atoms with Crippen molar-refractivity contribution in [1.82, 2.24) is 4.98 Å². The van der Waals surface area contributed by atoms with E-state index in [4.69, 9.17) is 0 Å². The molecule has 0 aliphatic heterocycles. The number of pyridine rings is 1. The Labute approximate surface area is 60.6 Å². The third-order valence-electron chi connectivity index (χ3n) is 0.905. The van der Waals surface area contributed by atoms with Crippen molar-refractivity contribution in [3.63, 3.8) is 0 Å². The third-order valence-corrected chi connectivity index (χ3v) is 0.905. The lowest BCUT2D eigenvalue weighted by atomic mass is 10.4. The van der Waals surface area contributed by atoms with E-state index in [0.717, 1.165) is 18.5 Å². The summed E-state index contributed by atoms with van der Waals surface area (Å²) in [6.45, 7) is -2.95. The van der Waals surface area contributed by atoms with E-state index >= 15 is 0 Å². The third kappa shape index (κ3) is 2.45. The maximum Gasteiger partial charge on any atom is 0.387 e. The van der Waals surface area contributed by atoms with E-state index in [2.05, 4.69) is 9.72 Å². The average Bonchev–Trinajstić information content (AvgIpc) is 1.85. The van der Waals surface area contributed by atoms with Gasteiger partial charge in [0.05, 0.1) is 12.4 Å². The summed E-state index contributed by atoms with van der Waals surface area (Å²) in [4.78, 5) is 3.30. The lowest BCUT2D eigenvalue weighted by Gasteiger charge is -2.01. The van der Waals surface area contributed by atoms with Crippen molar-refractivity contribution in [3.8, 4) is 5.75 Å². The van der Waals surface area contributed by atoms with Gasteiger partial charge in [0, 0.05) is 6.07 Å². The molecule has 2 nitrogen and oxygen atoms in total. The van der Waals surface area contributed by atoms with E-state index in [1.807, 2.05) is 0 Å². The molecule has 1 aromatic heterocycles. The SMILES string of the molecule is Fc1cncc(OC(F)F)c1. The molecule has 0 unspecified atom stereocenters. The molecule has 0 bridgehead atoms. The van der Waals surface area contributed by atoms with Gasteiger partial charge >= 0.3 is 6.61 Å². The van der Waals surface area contributed by atoms with Crippen molar-refractivity contribution in [2.24, 2.45) is 0 Å². The number of nitrogens with zero attached hydrogens (tertiary/aromatic N) is 1. The predicted octanol–water partition coefficient (Wildman–Crippen LogP) is 1.82. The summed E-state index contributed by atoms with van der Waals surface area (Å²) < 4.78 is 39.0. The molecule has 1 heterocycles. The number of aromatic nitrogens is 1. The van der Waals surface area contributed by atoms with E-state index in [0.29, 0.717) is 0 Å². The van der Waals surface area contributed by atoms with Crippen LogP contribution in [0.3, 0.4) is 0 Å². The van der Waals surface area contributed by atoms with Crippen LogP contribution in [0.1, 0.15) is 0 Å². The molecule has 60 valence electrons. The normalized spacial score (nSPS) is 10.2. The molecule has 0 atom stereocenters. The molecule has 1 aromatic rings. The second-order valence-corrected chi connectivity index (χ2v) is 1.72. The molecule has 0 saturated heterocycles. The Balaban J connectivity index is 2.71. The summed E-state index contributed by atoms with van der Waals surface area (Å²) in [5.74, 6) is -0.983. The first-order chi connectivity index (χ1) is 5.18. The zero-order chi connectivity index (χ0) is 8.27. The molecule has 0 saturated carbocycles. The number of ether oxygens (including phenoxy) is 1. The van der Waals surface area contributed by atoms with E-state index in [9.17, 15) is 13.2 Å². The number of hydrogen-bond acceptors (Lipinski definition) is 2. The number of halogens is 3. The molecular weight excluding hydrogens is 159 g/mol. The van der Waals surface area contributed by atoms with Gasteiger partial charge in [-0.2, -0.15) is 8.78 Å². The second kappa shape index (κ2) is 3.23. The zero-order valence-corrected chi connectivity index (χ0v) is 5.30. The van der Waals surface area contributed by atoms with Crippen molar-refractivity contribution in [2.45, 2.75) is 6.61 Å². The molecule has 0 aliphatic rings. The molecule has 5 heteroatoms. The van der Waals surface area contributed by atoms with Crippen molar-refractivity contribution >= 4 is 0 Å². The Morgan fingerprint density at radius 1 is 1.36 bits per heavy atom. The Kier molecular flexibility index (Phi) is 2.30. The van der Waals surface area contributed by atoms with Crippen LogP contribution in [0.2, 0.25) is 0 Å². The van der Waals surface area contributed by atoms with Crippen LogP contribution in [0.25, 0.3) is 0 Å². The Hall–Kier alpha value is -1.26. The molecule has 0 amide bonds. The lowest BCUT2D eigenvalue weighted by Crippen LogP contribution is -2.02. The molecule has 0 aromatic carbocycles. The Morgan fingerprint density at radius 2 is 2.09 bits per heavy atom. The van der Waals surface area contributed by atoms with Gasteiger partial charge in [-0.25, -0.2) is 4.39 Å². The fraction of sp³-hybridized carbons (Fsp3) is 0.167. The lowest BCUT2D eigenvalue weighted by molar-refractivity contribution is -0.0502. The summed E-state index contributed by atoms with van der Waals surface area (Å²) in [5.41, 5.74) is 0. The minimum Gasteiger partial charge on any atom is -0.433 e. The number of hydrogen-bond donors (Lipinski definition) is 0. The fourth-order valence-electron chi connectivity index (χ4n) is 0.560. The first-order valence-corrected chi connectivity index (χ1v) is 2.74. The quantitative estimate of drug-likeness (QED) is 0.663. The maximum absolute atomic E-state index is 12.2. The molecule has 11 heavy (non-hydrogen) atoms. The largest absolute Gasteiger partial charge is 0.433 e. The summed E-state index contributed by atoms with van der Waals surface area (Å²) in [7, 11) is 0. The van der Waals surface area contributed by atoms with Crippen molar-refractivity contribution in [1.29, 1.82) is 0 Å². The van der Waals surface area contributed by atoms with Crippen LogP contribution >= 0.6 is 0 Å². The van der Waals surface area contributed by atoms with E-state index in [1.165, 1.54) is 0 Å². The van der Waals surface area contributed by atoms with Crippen molar-refractivity contribution < 1.29 is 17.9 Å². The van der Waals surface area contributed by atoms with Crippen molar-refractivity contribution in [2.75, 3.05) is 0 Å². The second-order valence-electron chi connectivity index (χ2n) is 1.72. The zero-order valence-electron chi connectivity index (χ0n) is 5.30. The highest BCUT2D eigenvalue weighted by atomic mass is 19.3. The van der Waals surface area contributed by atoms with Crippen LogP contribution in [0.4, 0.5) is 13.2 Å². The van der Waals surface area contributed by atoms with Gasteiger partial charge in [-0.05, 0) is 0 Å². The van der Waals surface area contributed by atoms with E-state index in [-0.39, 0.29) is 5.75 Å². The van der Waals surface area contributed by atoms with Crippen LogP contribution in [-0.4, -0.2) is 11.6 Å². The molecule has 0 fully saturated rings. The highest BCUT2D eigenvalue weighted by Gasteiger charge is 2.04. The van der Waals surface area contributed by atoms with Crippen molar-refractivity contribution in [3.05, 3.63) is 24.3 Å². The standard InChI is InChI=1S/C6H4F3NO/c7-4-1-5(3-10-2-4)11-6(8)9/h1-3,6H. The summed E-state index contributed by atoms with van der Waals surface area (Å²) in [6.07, 6.45) is 1.91. The highest BCUT2D eigenvalue weighted by Crippen LogP contribution is 2.12. The summed E-state index contributed by atoms with van der Waals surface area (Å²) >= 11 is 0. The van der Waals surface area contributed by atoms with Crippen LogP contribution in [0.15, 0.2) is 18.5 Å². The average molecular weight is 163 g/mol. The monoisotopic (exact) mass is 163 g/mol. The molecule has 0 radical (unpaired) electrons. The minimum atomic E-state index is -2.95. The predicted molar refractivity (Wildman–Crippen MR) is 30.8 cm³/mol. The van der Waals surface area contributed by atoms with Gasteiger partial charge in [-0.1, -0.05) is 0 Å². The molecule has 0 N–H and O–H groups in total. The topological polar surface area (TPSA) is 22.1 Å². The van der Waals surface area contributed by atoms with Gasteiger partial charge in [0.15, 0.2) is 0 Å². The van der Waals surface area contributed by atoms with Gasteiger partial charge in [-0.15, -0.1) is 0 Å². The molecule has 1 rings (SSSR count). The summed E-state index contributed by atoms with van der Waals surface area (Å²) in [5, 5.41) is 0. The van der Waals surface area contributed by atoms with E-state index in [1.54, 1.807) is 0 Å². The van der Waals surface area contributed by atoms with Crippen LogP contribution in [0.5, 0.6) is 5.75 Å². The highest BCUT2D eigenvalue weighted by molar-refractivity contribution is 5.16. The molecule has 0 aliphatic carbocycles. The van der Waals surface area contributed by atoms with Gasteiger partial charge < -0.3 is 4.74 Å². The van der Waals surface area contributed by atoms with Gasteiger partial charge in [0.2, 0.25) is 0 Å². The molecule has 0 spiro atoms. The van der Waals surface area contributed by atoms with Crippen LogP contribution in [0, 0.1) is 5.82 Å². The Bertz CT molecular complexity index is 241. The first-order valence-electron chi connectivity index (χ1n) is 2.74. The van der Waals surface area contributed by atoms with Gasteiger partial charge in [-0.3, -0.25) is 4.98 Å². The van der Waals surface area contributed by atoms with Crippen LogP contribution in [-0.2, 0) is 0 Å². The maximum atomic E-state index is 12.2. The summed E-state index contributed by atoms with van der Waals surface area (Å²) in [6, 6.07) is 0.832. The van der Waals surface area contributed by atoms with Crippen LogP contribution < -0.4 is 4.74 Å². The number of rotatable bonds is 2.